The molecule has 112 valence electrons. The van der Waals surface area contributed by atoms with Gasteiger partial charge in [0.05, 0.1) is 6.04 Å². The first-order valence-corrected chi connectivity index (χ1v) is 7.38. The van der Waals surface area contributed by atoms with E-state index in [4.69, 9.17) is 5.84 Å². The summed E-state index contributed by atoms with van der Waals surface area (Å²) in [6.45, 7) is 3.17. The van der Waals surface area contributed by atoms with Gasteiger partial charge in [-0.2, -0.15) is 0 Å². The highest BCUT2D eigenvalue weighted by Gasteiger charge is 2.31. The molecule has 0 aliphatic carbocycles. The maximum Gasteiger partial charge on any atom is 0.0633 e. The standard InChI is InChI=1S/C16H23N5/c1-20-8-9-21(2)15(11-20)16(19-17)14-5-3-4-12-10-18-7-6-13(12)14/h3-7,10,15-16,19H,8-9,11,17H2,1-2H3. The molecule has 1 saturated heterocycles. The van der Waals surface area contributed by atoms with Crippen molar-refractivity contribution in [2.75, 3.05) is 33.7 Å². The number of aromatic nitrogens is 1. The number of hydrogen-bond donors (Lipinski definition) is 2. The molecule has 1 aliphatic heterocycles. The third-order valence-electron chi connectivity index (χ3n) is 4.51. The number of nitrogens with two attached hydrogens (primary N) is 1. The van der Waals surface area contributed by atoms with Gasteiger partial charge in [-0.3, -0.25) is 21.2 Å². The second kappa shape index (κ2) is 6.07. The third-order valence-corrected chi connectivity index (χ3v) is 4.51. The molecule has 3 rings (SSSR count). The predicted molar refractivity (Wildman–Crippen MR) is 85.7 cm³/mol. The number of fused-ring (bicyclic) bond motifs is 1. The van der Waals surface area contributed by atoms with Gasteiger partial charge in [-0.25, -0.2) is 0 Å². The molecule has 2 aromatic rings. The maximum absolute atomic E-state index is 5.92. The van der Waals surface area contributed by atoms with Crippen LogP contribution >= 0.6 is 0 Å². The molecule has 2 heterocycles. The van der Waals surface area contributed by atoms with E-state index in [0.717, 1.165) is 25.0 Å². The molecule has 0 bridgehead atoms. The second-order valence-corrected chi connectivity index (χ2v) is 5.90. The number of nitrogens with zero attached hydrogens (tertiary/aromatic N) is 3. The van der Waals surface area contributed by atoms with Crippen LogP contribution in [0.2, 0.25) is 0 Å². The fraction of sp³-hybridized carbons (Fsp3) is 0.438. The molecule has 3 N–H and O–H groups in total. The number of likely N-dealkylation sites (N-methyl/N-ethyl adjacent to an activating group) is 2. The summed E-state index contributed by atoms with van der Waals surface area (Å²) in [5, 5.41) is 2.37. The van der Waals surface area contributed by atoms with Crippen LogP contribution in [-0.4, -0.2) is 54.6 Å². The number of benzene rings is 1. The van der Waals surface area contributed by atoms with Crippen LogP contribution in [-0.2, 0) is 0 Å². The van der Waals surface area contributed by atoms with Crippen molar-refractivity contribution >= 4 is 10.8 Å². The number of hydrazine groups is 1. The van der Waals surface area contributed by atoms with Gasteiger partial charge in [0, 0.05) is 43.5 Å². The zero-order valence-corrected chi connectivity index (χ0v) is 12.7. The van der Waals surface area contributed by atoms with Crippen LogP contribution in [0.15, 0.2) is 36.7 Å². The Labute approximate surface area is 125 Å². The summed E-state index contributed by atoms with van der Waals surface area (Å²) in [5.41, 5.74) is 4.28. The van der Waals surface area contributed by atoms with Crippen molar-refractivity contribution in [2.45, 2.75) is 12.1 Å². The van der Waals surface area contributed by atoms with E-state index < -0.39 is 0 Å². The van der Waals surface area contributed by atoms with Crippen molar-refractivity contribution in [2.24, 2.45) is 5.84 Å². The molecule has 1 aromatic carbocycles. The van der Waals surface area contributed by atoms with Gasteiger partial charge in [0.15, 0.2) is 0 Å². The number of rotatable bonds is 3. The smallest absolute Gasteiger partial charge is 0.0633 e. The minimum Gasteiger partial charge on any atom is -0.303 e. The highest BCUT2D eigenvalue weighted by Crippen LogP contribution is 2.28. The van der Waals surface area contributed by atoms with Gasteiger partial charge in [-0.15, -0.1) is 0 Å². The van der Waals surface area contributed by atoms with Crippen LogP contribution in [0, 0.1) is 0 Å². The van der Waals surface area contributed by atoms with Crippen molar-refractivity contribution in [1.29, 1.82) is 0 Å². The van der Waals surface area contributed by atoms with E-state index in [1.165, 1.54) is 10.9 Å². The first kappa shape index (κ1) is 14.4. The molecule has 1 aliphatic rings. The number of pyridine rings is 1. The zero-order chi connectivity index (χ0) is 14.8. The third kappa shape index (κ3) is 2.78. The number of hydrogen-bond acceptors (Lipinski definition) is 5. The summed E-state index contributed by atoms with van der Waals surface area (Å²) in [4.78, 5) is 8.96. The molecular formula is C16H23N5. The second-order valence-electron chi connectivity index (χ2n) is 5.90. The van der Waals surface area contributed by atoms with E-state index >= 15 is 0 Å². The molecule has 0 spiro atoms. The zero-order valence-electron chi connectivity index (χ0n) is 12.7. The molecule has 5 heteroatoms. The van der Waals surface area contributed by atoms with Crippen molar-refractivity contribution < 1.29 is 0 Å². The van der Waals surface area contributed by atoms with E-state index in [0.29, 0.717) is 6.04 Å². The van der Waals surface area contributed by atoms with Gasteiger partial charge in [0.1, 0.15) is 0 Å². The normalized spacial score (nSPS) is 22.5. The van der Waals surface area contributed by atoms with Gasteiger partial charge < -0.3 is 4.90 Å². The number of piperazine rings is 1. The summed E-state index contributed by atoms with van der Waals surface area (Å²) >= 11 is 0. The van der Waals surface area contributed by atoms with Crippen molar-refractivity contribution in [3.05, 3.63) is 42.2 Å². The SMILES string of the molecule is CN1CCN(C)C(C(NN)c2cccc3cnccc23)C1. The van der Waals surface area contributed by atoms with Crippen molar-refractivity contribution in [3.63, 3.8) is 0 Å². The average molecular weight is 285 g/mol. The molecular weight excluding hydrogens is 262 g/mol. The Bertz CT molecular complexity index is 609. The lowest BCUT2D eigenvalue weighted by Crippen LogP contribution is -2.56. The lowest BCUT2D eigenvalue weighted by atomic mass is 9.93. The Kier molecular flexibility index (Phi) is 4.17. The number of nitrogens with one attached hydrogen (secondary N) is 1. The molecule has 0 saturated carbocycles. The molecule has 2 atom stereocenters. The highest BCUT2D eigenvalue weighted by atomic mass is 15.3. The summed E-state index contributed by atoms with van der Waals surface area (Å²) in [5.74, 6) is 5.92. The van der Waals surface area contributed by atoms with E-state index in [9.17, 15) is 0 Å². The quantitative estimate of drug-likeness (QED) is 0.650. The van der Waals surface area contributed by atoms with E-state index in [2.05, 4.69) is 58.6 Å². The summed E-state index contributed by atoms with van der Waals surface area (Å²) < 4.78 is 0. The first-order chi connectivity index (χ1) is 10.2. The van der Waals surface area contributed by atoms with Crippen LogP contribution in [0.1, 0.15) is 11.6 Å². The molecule has 21 heavy (non-hydrogen) atoms. The Balaban J connectivity index is 2.01. The summed E-state index contributed by atoms with van der Waals surface area (Å²) in [6, 6.07) is 8.86. The van der Waals surface area contributed by atoms with Gasteiger partial charge in [-0.1, -0.05) is 18.2 Å². The molecule has 5 nitrogen and oxygen atoms in total. The molecule has 0 amide bonds. The summed E-state index contributed by atoms with van der Waals surface area (Å²) in [7, 11) is 4.34. The Morgan fingerprint density at radius 1 is 1.29 bits per heavy atom. The molecule has 1 fully saturated rings. The minimum absolute atomic E-state index is 0.101. The lowest BCUT2D eigenvalue weighted by molar-refractivity contribution is 0.0880. The van der Waals surface area contributed by atoms with E-state index in [-0.39, 0.29) is 6.04 Å². The largest absolute Gasteiger partial charge is 0.303 e. The Morgan fingerprint density at radius 2 is 2.14 bits per heavy atom. The minimum atomic E-state index is 0.101. The average Bonchev–Trinajstić information content (AvgIpc) is 2.51. The fourth-order valence-electron chi connectivity index (χ4n) is 3.23. The topological polar surface area (TPSA) is 57.4 Å². The molecule has 1 aromatic heterocycles. The maximum atomic E-state index is 5.92. The van der Waals surface area contributed by atoms with Gasteiger partial charge in [0.2, 0.25) is 0 Å². The van der Waals surface area contributed by atoms with Gasteiger partial charge >= 0.3 is 0 Å². The first-order valence-electron chi connectivity index (χ1n) is 7.38. The van der Waals surface area contributed by atoms with Crippen molar-refractivity contribution in [3.8, 4) is 0 Å². The molecule has 0 radical (unpaired) electrons. The lowest BCUT2D eigenvalue weighted by Gasteiger charge is -2.42. The Morgan fingerprint density at radius 3 is 2.95 bits per heavy atom. The predicted octanol–water partition coefficient (Wildman–Crippen LogP) is 0.985. The van der Waals surface area contributed by atoms with Crippen LogP contribution in [0.4, 0.5) is 0 Å². The van der Waals surface area contributed by atoms with Crippen LogP contribution in [0.25, 0.3) is 10.8 Å². The van der Waals surface area contributed by atoms with Crippen molar-refractivity contribution in [1.82, 2.24) is 20.2 Å². The highest BCUT2D eigenvalue weighted by molar-refractivity contribution is 5.85. The molecule has 2 unspecified atom stereocenters. The van der Waals surface area contributed by atoms with E-state index in [1.807, 2.05) is 12.4 Å². The van der Waals surface area contributed by atoms with Crippen LogP contribution in [0.5, 0.6) is 0 Å². The van der Waals surface area contributed by atoms with Gasteiger partial charge in [0.25, 0.3) is 0 Å². The summed E-state index contributed by atoms with van der Waals surface area (Å²) in [6.07, 6.45) is 3.75. The fourth-order valence-corrected chi connectivity index (χ4v) is 3.23. The Hall–Kier alpha value is -1.53. The monoisotopic (exact) mass is 285 g/mol. The van der Waals surface area contributed by atoms with Crippen LogP contribution in [0.3, 0.4) is 0 Å². The van der Waals surface area contributed by atoms with Gasteiger partial charge in [-0.05, 0) is 31.1 Å². The van der Waals surface area contributed by atoms with E-state index in [1.54, 1.807) is 0 Å². The van der Waals surface area contributed by atoms with Crippen LogP contribution < -0.4 is 11.3 Å².